The van der Waals surface area contributed by atoms with E-state index in [-0.39, 0.29) is 11.4 Å². The van der Waals surface area contributed by atoms with Gasteiger partial charge in [0.05, 0.1) is 16.9 Å². The standard InChI is InChI=1S/C24H16F3N5O2S/c1-14-11-20(33)21(30-32(14)18-4-2-3-16(12-18)24(25,26)27)22(34)28-17-7-5-15(6-8-17)19-13-31-9-10-35-23(31)29-19/h2-13H,1H3,(H,28,34). The van der Waals surface area contributed by atoms with Crippen LogP contribution in [0.3, 0.4) is 0 Å². The number of thiazole rings is 1. The first-order valence-electron chi connectivity index (χ1n) is 10.3. The van der Waals surface area contributed by atoms with Gasteiger partial charge in [0.15, 0.2) is 10.7 Å². The minimum Gasteiger partial charge on any atom is -0.320 e. The molecule has 0 bridgehead atoms. The average Bonchev–Trinajstić information content (AvgIpc) is 3.42. The third-order valence-corrected chi connectivity index (χ3v) is 6.04. The Balaban J connectivity index is 1.41. The summed E-state index contributed by atoms with van der Waals surface area (Å²) in [6.45, 7) is 1.52. The van der Waals surface area contributed by atoms with Crippen molar-refractivity contribution < 1.29 is 18.0 Å². The van der Waals surface area contributed by atoms with Crippen LogP contribution >= 0.6 is 11.3 Å². The van der Waals surface area contributed by atoms with Crippen molar-refractivity contribution in [2.45, 2.75) is 13.1 Å². The van der Waals surface area contributed by atoms with E-state index in [1.165, 1.54) is 30.4 Å². The second kappa shape index (κ2) is 8.51. The molecular weight excluding hydrogens is 479 g/mol. The quantitative estimate of drug-likeness (QED) is 0.372. The number of hydrogen-bond acceptors (Lipinski definition) is 5. The number of aryl methyl sites for hydroxylation is 1. The highest BCUT2D eigenvalue weighted by molar-refractivity contribution is 7.15. The van der Waals surface area contributed by atoms with Gasteiger partial charge in [0, 0.05) is 40.8 Å². The lowest BCUT2D eigenvalue weighted by Crippen LogP contribution is -2.27. The maximum Gasteiger partial charge on any atom is 0.416 e. The molecule has 1 amide bonds. The summed E-state index contributed by atoms with van der Waals surface area (Å²) in [6.07, 6.45) is -0.737. The minimum atomic E-state index is -4.54. The number of halogens is 3. The molecule has 3 aromatic heterocycles. The highest BCUT2D eigenvalue weighted by Crippen LogP contribution is 2.30. The normalized spacial score (nSPS) is 11.7. The van der Waals surface area contributed by atoms with Gasteiger partial charge in [-0.05, 0) is 37.3 Å². The predicted molar refractivity (Wildman–Crippen MR) is 126 cm³/mol. The first-order valence-corrected chi connectivity index (χ1v) is 11.2. The van der Waals surface area contributed by atoms with E-state index in [0.29, 0.717) is 5.69 Å². The summed E-state index contributed by atoms with van der Waals surface area (Å²) < 4.78 is 42.4. The number of hydrogen-bond donors (Lipinski definition) is 1. The first-order chi connectivity index (χ1) is 16.7. The van der Waals surface area contributed by atoms with Gasteiger partial charge in [-0.3, -0.25) is 14.0 Å². The van der Waals surface area contributed by atoms with Crippen molar-refractivity contribution in [1.29, 1.82) is 0 Å². The highest BCUT2D eigenvalue weighted by Gasteiger charge is 2.30. The molecule has 5 aromatic rings. The molecule has 1 N–H and O–H groups in total. The van der Waals surface area contributed by atoms with E-state index in [1.807, 2.05) is 22.2 Å². The molecule has 0 aliphatic carbocycles. The Labute approximate surface area is 200 Å². The van der Waals surface area contributed by atoms with Crippen LogP contribution in [0, 0.1) is 6.92 Å². The Morgan fingerprint density at radius 2 is 1.86 bits per heavy atom. The van der Waals surface area contributed by atoms with Crippen LogP contribution in [-0.2, 0) is 6.18 Å². The van der Waals surface area contributed by atoms with Crippen LogP contribution in [0.15, 0.2) is 77.2 Å². The van der Waals surface area contributed by atoms with Crippen molar-refractivity contribution in [3.05, 3.63) is 99.5 Å². The zero-order valence-electron chi connectivity index (χ0n) is 18.1. The molecule has 0 atom stereocenters. The van der Waals surface area contributed by atoms with Gasteiger partial charge in [0.2, 0.25) is 5.43 Å². The van der Waals surface area contributed by atoms with Crippen LogP contribution in [-0.4, -0.2) is 25.1 Å². The minimum absolute atomic E-state index is 0.0794. The van der Waals surface area contributed by atoms with E-state index in [1.54, 1.807) is 24.3 Å². The lowest BCUT2D eigenvalue weighted by molar-refractivity contribution is -0.137. The fraction of sp³-hybridized carbons (Fsp3) is 0.0833. The molecule has 5 rings (SSSR count). The van der Waals surface area contributed by atoms with Gasteiger partial charge in [0.25, 0.3) is 5.91 Å². The van der Waals surface area contributed by atoms with Crippen LogP contribution in [0.2, 0.25) is 0 Å². The molecule has 0 saturated heterocycles. The molecule has 2 aromatic carbocycles. The maximum absolute atomic E-state index is 13.1. The number of imidazole rings is 1. The average molecular weight is 495 g/mol. The predicted octanol–water partition coefficient (Wildman–Crippen LogP) is 5.19. The second-order valence-corrected chi connectivity index (χ2v) is 8.58. The van der Waals surface area contributed by atoms with Crippen molar-refractivity contribution >= 4 is 27.9 Å². The van der Waals surface area contributed by atoms with Gasteiger partial charge in [-0.15, -0.1) is 11.3 Å². The van der Waals surface area contributed by atoms with Crippen LogP contribution < -0.4 is 10.7 Å². The molecule has 0 unspecified atom stereocenters. The number of alkyl halides is 3. The van der Waals surface area contributed by atoms with Gasteiger partial charge < -0.3 is 5.32 Å². The summed E-state index contributed by atoms with van der Waals surface area (Å²) >= 11 is 1.52. The van der Waals surface area contributed by atoms with Crippen molar-refractivity contribution in [2.75, 3.05) is 5.32 Å². The number of nitrogens with zero attached hydrogens (tertiary/aromatic N) is 4. The van der Waals surface area contributed by atoms with Crippen LogP contribution in [0.4, 0.5) is 18.9 Å². The lowest BCUT2D eigenvalue weighted by Gasteiger charge is -2.13. The molecule has 176 valence electrons. The number of carbonyl (C=O) groups excluding carboxylic acids is 1. The highest BCUT2D eigenvalue weighted by atomic mass is 32.1. The van der Waals surface area contributed by atoms with Gasteiger partial charge in [-0.1, -0.05) is 18.2 Å². The van der Waals surface area contributed by atoms with E-state index in [0.717, 1.165) is 39.1 Å². The largest absolute Gasteiger partial charge is 0.416 e. The smallest absolute Gasteiger partial charge is 0.320 e. The van der Waals surface area contributed by atoms with Crippen molar-refractivity contribution in [3.8, 4) is 16.9 Å². The van der Waals surface area contributed by atoms with Crippen LogP contribution in [0.5, 0.6) is 0 Å². The summed E-state index contributed by atoms with van der Waals surface area (Å²) in [4.78, 5) is 30.7. The number of nitrogens with one attached hydrogen (secondary N) is 1. The summed E-state index contributed by atoms with van der Waals surface area (Å²) in [5.74, 6) is -0.772. The van der Waals surface area contributed by atoms with Gasteiger partial charge >= 0.3 is 6.18 Å². The number of aromatic nitrogens is 4. The summed E-state index contributed by atoms with van der Waals surface area (Å²) in [7, 11) is 0. The molecule has 7 nitrogen and oxygen atoms in total. The third kappa shape index (κ3) is 4.45. The molecule has 0 saturated carbocycles. The number of carbonyl (C=O) groups is 1. The summed E-state index contributed by atoms with van der Waals surface area (Å²) in [5, 5.41) is 8.61. The van der Waals surface area contributed by atoms with E-state index >= 15 is 0 Å². The number of anilines is 1. The fourth-order valence-corrected chi connectivity index (χ4v) is 4.26. The van der Waals surface area contributed by atoms with Crippen molar-refractivity contribution in [3.63, 3.8) is 0 Å². The van der Waals surface area contributed by atoms with Crippen LogP contribution in [0.25, 0.3) is 21.9 Å². The number of fused-ring (bicyclic) bond motifs is 1. The van der Waals surface area contributed by atoms with Gasteiger partial charge in [-0.25, -0.2) is 9.67 Å². The zero-order valence-corrected chi connectivity index (χ0v) is 18.9. The summed E-state index contributed by atoms with van der Waals surface area (Å²) in [6, 6.07) is 12.6. The Morgan fingerprint density at radius 1 is 1.09 bits per heavy atom. The molecular formula is C24H16F3N5O2S. The molecule has 0 fully saturated rings. The second-order valence-electron chi connectivity index (χ2n) is 7.71. The number of rotatable bonds is 4. The van der Waals surface area contributed by atoms with Crippen molar-refractivity contribution in [1.82, 2.24) is 19.2 Å². The summed E-state index contributed by atoms with van der Waals surface area (Å²) in [5.41, 5.74) is 0.471. The molecule has 0 radical (unpaired) electrons. The van der Waals surface area contributed by atoms with E-state index in [9.17, 15) is 22.8 Å². The number of benzene rings is 2. The zero-order chi connectivity index (χ0) is 24.7. The Hall–Kier alpha value is -4.25. The van der Waals surface area contributed by atoms with Crippen molar-refractivity contribution in [2.24, 2.45) is 0 Å². The first kappa shape index (κ1) is 22.5. The number of amides is 1. The molecule has 11 heteroatoms. The SMILES string of the molecule is Cc1cc(=O)c(C(=O)Nc2ccc(-c3cn4ccsc4n3)cc2)nn1-c1cccc(C(F)(F)F)c1. The van der Waals surface area contributed by atoms with E-state index < -0.39 is 28.8 Å². The molecule has 0 aliphatic rings. The Bertz CT molecular complexity index is 1590. The van der Waals surface area contributed by atoms with Crippen LogP contribution in [0.1, 0.15) is 21.7 Å². The molecule has 35 heavy (non-hydrogen) atoms. The maximum atomic E-state index is 13.1. The fourth-order valence-electron chi connectivity index (χ4n) is 3.56. The third-order valence-electron chi connectivity index (χ3n) is 5.27. The Kier molecular flexibility index (Phi) is 5.48. The van der Waals surface area contributed by atoms with E-state index in [4.69, 9.17) is 0 Å². The van der Waals surface area contributed by atoms with E-state index in [2.05, 4.69) is 15.4 Å². The lowest BCUT2D eigenvalue weighted by atomic mass is 10.1. The Morgan fingerprint density at radius 3 is 2.57 bits per heavy atom. The topological polar surface area (TPSA) is 81.3 Å². The monoisotopic (exact) mass is 495 g/mol. The van der Waals surface area contributed by atoms with Gasteiger partial charge in [-0.2, -0.15) is 18.3 Å². The van der Waals surface area contributed by atoms with Gasteiger partial charge in [0.1, 0.15) is 0 Å². The molecule has 0 spiro atoms. The molecule has 0 aliphatic heterocycles. The molecule has 3 heterocycles.